The van der Waals surface area contributed by atoms with Gasteiger partial charge in [-0.05, 0) is 36.5 Å². The number of hydrogen-bond donors (Lipinski definition) is 2. The van der Waals surface area contributed by atoms with Crippen molar-refractivity contribution in [2.45, 2.75) is 38.6 Å². The van der Waals surface area contributed by atoms with E-state index >= 15 is 0 Å². The van der Waals surface area contributed by atoms with Crippen LogP contribution >= 0.6 is 0 Å². The molecule has 21 heavy (non-hydrogen) atoms. The van der Waals surface area contributed by atoms with Gasteiger partial charge >= 0.3 is 5.97 Å². The number of sulfonamides is 1. The predicted octanol–water partition coefficient (Wildman–Crippen LogP) is 2.38. The van der Waals surface area contributed by atoms with Gasteiger partial charge in [0.15, 0.2) is 0 Å². The Balaban J connectivity index is 1.91. The molecule has 0 aromatic heterocycles. The molecule has 0 unspecified atom stereocenters. The molecule has 0 spiro atoms. The molecule has 0 heterocycles. The van der Waals surface area contributed by atoms with Crippen LogP contribution in [0.4, 0.5) is 0 Å². The topological polar surface area (TPSA) is 83.5 Å². The fourth-order valence-electron chi connectivity index (χ4n) is 2.73. The van der Waals surface area contributed by atoms with Gasteiger partial charge in [-0.15, -0.1) is 0 Å². The number of rotatable bonds is 6. The zero-order valence-electron chi connectivity index (χ0n) is 11.9. The molecular formula is C15H21NO4S. The maximum Gasteiger partial charge on any atom is 0.335 e. The lowest BCUT2D eigenvalue weighted by Crippen LogP contribution is -2.30. The Labute approximate surface area is 125 Å². The third kappa shape index (κ3) is 5.13. The van der Waals surface area contributed by atoms with Crippen molar-refractivity contribution in [2.24, 2.45) is 5.92 Å². The van der Waals surface area contributed by atoms with Crippen LogP contribution < -0.4 is 4.72 Å². The van der Waals surface area contributed by atoms with Crippen molar-refractivity contribution in [3.63, 3.8) is 0 Å². The van der Waals surface area contributed by atoms with Crippen LogP contribution in [0.5, 0.6) is 0 Å². The number of hydrogen-bond acceptors (Lipinski definition) is 3. The molecule has 1 aliphatic carbocycles. The molecule has 116 valence electrons. The van der Waals surface area contributed by atoms with E-state index in [1.54, 1.807) is 12.1 Å². The molecule has 0 radical (unpaired) electrons. The van der Waals surface area contributed by atoms with Crippen LogP contribution in [0.25, 0.3) is 0 Å². The predicted molar refractivity (Wildman–Crippen MR) is 80.6 cm³/mol. The maximum atomic E-state index is 12.1. The molecule has 1 fully saturated rings. The van der Waals surface area contributed by atoms with Crippen molar-refractivity contribution < 1.29 is 18.3 Å². The van der Waals surface area contributed by atoms with E-state index in [1.165, 1.54) is 18.6 Å². The van der Waals surface area contributed by atoms with Gasteiger partial charge in [0.25, 0.3) is 0 Å². The van der Waals surface area contributed by atoms with Gasteiger partial charge in [0.1, 0.15) is 0 Å². The van der Waals surface area contributed by atoms with E-state index < -0.39 is 16.0 Å². The zero-order chi connectivity index (χ0) is 15.3. The zero-order valence-corrected chi connectivity index (χ0v) is 12.7. The quantitative estimate of drug-likeness (QED) is 0.845. The number of carboxylic acids is 1. The Kier molecular flexibility index (Phi) is 5.36. The Bertz CT molecular complexity index is 591. The lowest BCUT2D eigenvalue weighted by Gasteiger charge is -2.21. The summed E-state index contributed by atoms with van der Waals surface area (Å²) in [5.74, 6) is -0.588. The second-order valence-corrected chi connectivity index (χ2v) is 7.46. The number of aromatic carboxylic acids is 1. The second kappa shape index (κ2) is 7.04. The van der Waals surface area contributed by atoms with Crippen molar-refractivity contribution in [3.05, 3.63) is 35.4 Å². The summed E-state index contributed by atoms with van der Waals surface area (Å²) >= 11 is 0. The first-order valence-corrected chi connectivity index (χ1v) is 8.91. The third-order valence-corrected chi connectivity index (χ3v) is 5.34. The summed E-state index contributed by atoms with van der Waals surface area (Å²) in [4.78, 5) is 10.9. The smallest absolute Gasteiger partial charge is 0.335 e. The molecule has 0 amide bonds. The Morgan fingerprint density at radius 1 is 1.24 bits per heavy atom. The van der Waals surface area contributed by atoms with Crippen LogP contribution in [0, 0.1) is 5.92 Å². The molecule has 0 atom stereocenters. The van der Waals surface area contributed by atoms with Crippen LogP contribution in [0.15, 0.2) is 24.3 Å². The monoisotopic (exact) mass is 311 g/mol. The summed E-state index contributed by atoms with van der Waals surface area (Å²) in [6.45, 7) is 0.135. The average Bonchev–Trinajstić information content (AvgIpc) is 2.46. The fourth-order valence-corrected chi connectivity index (χ4v) is 4.19. The fraction of sp³-hybridized carbons (Fsp3) is 0.533. The maximum absolute atomic E-state index is 12.1. The van der Waals surface area contributed by atoms with Crippen molar-refractivity contribution in [2.75, 3.05) is 5.75 Å². The van der Waals surface area contributed by atoms with E-state index in [4.69, 9.17) is 5.11 Å². The lowest BCUT2D eigenvalue weighted by atomic mass is 9.91. The minimum atomic E-state index is -3.31. The molecule has 1 aromatic rings. The number of carbonyl (C=O) groups is 1. The molecule has 5 nitrogen and oxygen atoms in total. The highest BCUT2D eigenvalue weighted by Gasteiger charge is 2.21. The second-order valence-electron chi connectivity index (χ2n) is 5.61. The summed E-state index contributed by atoms with van der Waals surface area (Å²) in [6.07, 6.45) is 5.39. The number of nitrogens with one attached hydrogen (secondary N) is 1. The van der Waals surface area contributed by atoms with Crippen molar-refractivity contribution in [1.29, 1.82) is 0 Å². The van der Waals surface area contributed by atoms with Gasteiger partial charge in [-0.2, -0.15) is 0 Å². The third-order valence-electron chi connectivity index (χ3n) is 3.85. The Hall–Kier alpha value is -1.40. The first-order chi connectivity index (χ1) is 9.96. The van der Waals surface area contributed by atoms with Crippen molar-refractivity contribution in [1.82, 2.24) is 4.72 Å². The molecular weight excluding hydrogens is 290 g/mol. The summed E-state index contributed by atoms with van der Waals surface area (Å²) < 4.78 is 26.7. The van der Waals surface area contributed by atoms with Gasteiger partial charge in [0, 0.05) is 6.54 Å². The first-order valence-electron chi connectivity index (χ1n) is 7.26. The first kappa shape index (κ1) is 16.0. The number of carboxylic acid groups (broad SMARTS) is 1. The minimum absolute atomic E-state index is 0.135. The highest BCUT2D eigenvalue weighted by atomic mass is 32.2. The van der Waals surface area contributed by atoms with Crippen LogP contribution in [0.3, 0.4) is 0 Å². The largest absolute Gasteiger partial charge is 0.478 e. The summed E-state index contributed by atoms with van der Waals surface area (Å²) in [5, 5.41) is 8.92. The Morgan fingerprint density at radius 3 is 2.62 bits per heavy atom. The summed E-state index contributed by atoms with van der Waals surface area (Å²) in [6, 6.07) is 6.32. The average molecular weight is 311 g/mol. The molecule has 2 N–H and O–H groups in total. The van der Waals surface area contributed by atoms with Gasteiger partial charge in [0.05, 0.1) is 11.3 Å². The molecule has 1 aromatic carbocycles. The summed E-state index contributed by atoms with van der Waals surface area (Å²) in [7, 11) is -3.31. The standard InChI is InChI=1S/C15H21NO4S/c17-15(18)14-8-4-7-13(9-14)10-16-21(19,20)11-12-5-2-1-3-6-12/h4,7-9,12,16H,1-3,5-6,10-11H2,(H,17,18). The van der Waals surface area contributed by atoms with Crippen LogP contribution in [0.2, 0.25) is 0 Å². The highest BCUT2D eigenvalue weighted by molar-refractivity contribution is 7.89. The van der Waals surface area contributed by atoms with Crippen molar-refractivity contribution >= 4 is 16.0 Å². The number of benzene rings is 1. The van der Waals surface area contributed by atoms with Crippen LogP contribution in [-0.4, -0.2) is 25.2 Å². The normalized spacial score (nSPS) is 16.8. The molecule has 0 saturated heterocycles. The van der Waals surface area contributed by atoms with E-state index in [0.717, 1.165) is 25.7 Å². The SMILES string of the molecule is O=C(O)c1cccc(CNS(=O)(=O)CC2CCCCC2)c1. The van der Waals surface area contributed by atoms with Gasteiger partial charge in [-0.3, -0.25) is 0 Å². The van der Waals surface area contributed by atoms with Crippen molar-refractivity contribution in [3.8, 4) is 0 Å². The van der Waals surface area contributed by atoms with Gasteiger partial charge in [-0.25, -0.2) is 17.9 Å². The summed E-state index contributed by atoms with van der Waals surface area (Å²) in [5.41, 5.74) is 0.820. The molecule has 2 rings (SSSR count). The van der Waals surface area contributed by atoms with E-state index in [9.17, 15) is 13.2 Å². The Morgan fingerprint density at radius 2 is 1.95 bits per heavy atom. The molecule has 6 heteroatoms. The molecule has 1 aliphatic rings. The molecule has 1 saturated carbocycles. The van der Waals surface area contributed by atoms with Crippen LogP contribution in [0.1, 0.15) is 48.0 Å². The van der Waals surface area contributed by atoms with E-state index in [-0.39, 0.29) is 23.8 Å². The van der Waals surface area contributed by atoms with Gasteiger partial charge in [-0.1, -0.05) is 31.4 Å². The molecule has 0 bridgehead atoms. The van der Waals surface area contributed by atoms with E-state index in [2.05, 4.69) is 4.72 Å². The molecule has 0 aliphatic heterocycles. The minimum Gasteiger partial charge on any atom is -0.478 e. The van der Waals surface area contributed by atoms with E-state index in [0.29, 0.717) is 5.56 Å². The van der Waals surface area contributed by atoms with Gasteiger partial charge in [0.2, 0.25) is 10.0 Å². The highest BCUT2D eigenvalue weighted by Crippen LogP contribution is 2.24. The van der Waals surface area contributed by atoms with Gasteiger partial charge < -0.3 is 5.11 Å². The van der Waals surface area contributed by atoms with Crippen LogP contribution in [-0.2, 0) is 16.6 Å². The lowest BCUT2D eigenvalue weighted by molar-refractivity contribution is 0.0696. The van der Waals surface area contributed by atoms with E-state index in [1.807, 2.05) is 0 Å².